The molecule has 0 spiro atoms. The van der Waals surface area contributed by atoms with E-state index in [0.29, 0.717) is 35.4 Å². The number of carbonyl (C=O) groups is 1. The van der Waals surface area contributed by atoms with Gasteiger partial charge in [-0.05, 0) is 37.1 Å². The number of hydrogen-bond acceptors (Lipinski definition) is 5. The van der Waals surface area contributed by atoms with Crippen LogP contribution in [0.4, 0.5) is 0 Å². The Hall–Kier alpha value is -1.57. The highest BCUT2D eigenvalue weighted by Crippen LogP contribution is 2.23. The van der Waals surface area contributed by atoms with Gasteiger partial charge in [0.2, 0.25) is 10.0 Å². The first kappa shape index (κ1) is 15.3. The normalized spacial score (nSPS) is 19.2. The van der Waals surface area contributed by atoms with Crippen LogP contribution in [0.5, 0.6) is 0 Å². The molecule has 1 aliphatic heterocycles. The second kappa shape index (κ2) is 5.91. The van der Waals surface area contributed by atoms with Crippen LogP contribution in [0.2, 0.25) is 5.02 Å². The summed E-state index contributed by atoms with van der Waals surface area (Å²) in [5, 5.41) is 0.423. The third-order valence-electron chi connectivity index (χ3n) is 3.49. The molecule has 0 aliphatic carbocycles. The molecule has 1 aromatic carbocycles. The van der Waals surface area contributed by atoms with Crippen LogP contribution in [-0.4, -0.2) is 32.8 Å². The van der Waals surface area contributed by atoms with E-state index in [0.717, 1.165) is 0 Å². The maximum absolute atomic E-state index is 12.2. The number of rotatable bonds is 3. The molecule has 1 aromatic heterocycles. The van der Waals surface area contributed by atoms with Gasteiger partial charge in [0.05, 0.1) is 6.61 Å². The summed E-state index contributed by atoms with van der Waals surface area (Å²) >= 11 is 5.86. The summed E-state index contributed by atoms with van der Waals surface area (Å²) in [4.78, 5) is 12.1. The fourth-order valence-electron chi connectivity index (χ4n) is 2.34. The van der Waals surface area contributed by atoms with Crippen molar-refractivity contribution >= 4 is 38.5 Å². The molecule has 1 amide bonds. The topological polar surface area (TPSA) is 85.6 Å². The molecule has 118 valence electrons. The number of carbonyl (C=O) groups excluding carboxylic acids is 1. The van der Waals surface area contributed by atoms with E-state index in [-0.39, 0.29) is 12.4 Å². The molecule has 6 nitrogen and oxygen atoms in total. The molecule has 22 heavy (non-hydrogen) atoms. The Bertz CT molecular complexity index is 808. The molecule has 1 aliphatic rings. The average Bonchev–Trinajstić information content (AvgIpc) is 2.91. The maximum Gasteiger partial charge on any atom is 0.300 e. The molecule has 1 unspecified atom stereocenters. The first-order valence-corrected chi connectivity index (χ1v) is 8.71. The van der Waals surface area contributed by atoms with E-state index >= 15 is 0 Å². The van der Waals surface area contributed by atoms with Gasteiger partial charge in [0.1, 0.15) is 10.8 Å². The van der Waals surface area contributed by atoms with Gasteiger partial charge >= 0.3 is 0 Å². The number of halogens is 1. The summed E-state index contributed by atoms with van der Waals surface area (Å²) in [5.41, 5.74) is 0.466. The van der Waals surface area contributed by atoms with Crippen LogP contribution in [0.25, 0.3) is 11.0 Å². The summed E-state index contributed by atoms with van der Waals surface area (Å²) in [5.74, 6) is -0.865. The minimum Gasteiger partial charge on any atom is -0.451 e. The van der Waals surface area contributed by atoms with E-state index < -0.39 is 21.2 Å². The molecular formula is C14H14ClNO5S. The monoisotopic (exact) mass is 343 g/mol. The quantitative estimate of drug-likeness (QED) is 0.924. The first-order valence-electron chi connectivity index (χ1n) is 6.78. The van der Waals surface area contributed by atoms with Crippen molar-refractivity contribution in [3.63, 3.8) is 0 Å². The van der Waals surface area contributed by atoms with Gasteiger partial charge in [-0.3, -0.25) is 4.79 Å². The molecule has 0 radical (unpaired) electrons. The third kappa shape index (κ3) is 3.11. The Kier molecular flexibility index (Phi) is 4.12. The first-order chi connectivity index (χ1) is 10.5. The van der Waals surface area contributed by atoms with Crippen molar-refractivity contribution in [1.82, 2.24) is 4.72 Å². The predicted molar refractivity (Wildman–Crippen MR) is 81.5 cm³/mol. The Balaban J connectivity index is 1.80. The highest BCUT2D eigenvalue weighted by atomic mass is 35.5. The Labute approximate surface area is 132 Å². The van der Waals surface area contributed by atoms with Crippen LogP contribution >= 0.6 is 11.6 Å². The second-order valence-electron chi connectivity index (χ2n) is 5.11. The molecule has 2 aromatic rings. The van der Waals surface area contributed by atoms with Crippen molar-refractivity contribution in [2.45, 2.75) is 18.1 Å². The van der Waals surface area contributed by atoms with Gasteiger partial charge in [0.15, 0.2) is 5.76 Å². The lowest BCUT2D eigenvalue weighted by Crippen LogP contribution is -2.42. The van der Waals surface area contributed by atoms with E-state index in [1.54, 1.807) is 18.2 Å². The fourth-order valence-corrected chi connectivity index (χ4v) is 3.80. The summed E-state index contributed by atoms with van der Waals surface area (Å²) < 4.78 is 36.9. The number of sulfonamides is 1. The van der Waals surface area contributed by atoms with Crippen LogP contribution in [0.15, 0.2) is 28.7 Å². The molecule has 2 heterocycles. The van der Waals surface area contributed by atoms with Crippen LogP contribution in [0, 0.1) is 0 Å². The van der Waals surface area contributed by atoms with E-state index in [1.807, 2.05) is 4.72 Å². The van der Waals surface area contributed by atoms with E-state index in [4.69, 9.17) is 20.8 Å². The van der Waals surface area contributed by atoms with Gasteiger partial charge in [0.25, 0.3) is 5.91 Å². The lowest BCUT2D eigenvalue weighted by Gasteiger charge is -2.21. The Morgan fingerprint density at radius 2 is 2.14 bits per heavy atom. The number of ether oxygens (including phenoxy) is 1. The fraction of sp³-hybridized carbons (Fsp3) is 0.357. The third-order valence-corrected chi connectivity index (χ3v) is 5.45. The number of benzene rings is 1. The summed E-state index contributed by atoms with van der Waals surface area (Å²) in [6, 6.07) is 6.35. The van der Waals surface area contributed by atoms with E-state index in [2.05, 4.69) is 0 Å². The van der Waals surface area contributed by atoms with Crippen LogP contribution in [0.1, 0.15) is 23.4 Å². The van der Waals surface area contributed by atoms with Crippen LogP contribution in [0.3, 0.4) is 0 Å². The maximum atomic E-state index is 12.2. The summed E-state index contributed by atoms with van der Waals surface area (Å²) in [6.45, 7) is 0.642. The molecule has 1 saturated heterocycles. The van der Waals surface area contributed by atoms with E-state index in [9.17, 15) is 13.2 Å². The zero-order chi connectivity index (χ0) is 15.7. The Morgan fingerprint density at radius 1 is 1.32 bits per heavy atom. The molecule has 0 bridgehead atoms. The van der Waals surface area contributed by atoms with Crippen molar-refractivity contribution in [2.75, 3.05) is 13.2 Å². The molecule has 3 rings (SSSR count). The Morgan fingerprint density at radius 3 is 2.86 bits per heavy atom. The summed E-state index contributed by atoms with van der Waals surface area (Å²) in [6.07, 6.45) is 1.13. The largest absolute Gasteiger partial charge is 0.451 e. The minimum atomic E-state index is -3.79. The number of amides is 1. The lowest BCUT2D eigenvalue weighted by molar-refractivity contribution is 0.0936. The van der Waals surface area contributed by atoms with Crippen LogP contribution in [-0.2, 0) is 14.8 Å². The predicted octanol–water partition coefficient (Wildman–Crippen LogP) is 2.32. The number of furan rings is 1. The van der Waals surface area contributed by atoms with Gasteiger partial charge < -0.3 is 9.15 Å². The molecule has 1 N–H and O–H groups in total. The standard InChI is InChI=1S/C14H14ClNO5S/c15-10-3-4-12-9(6-10)7-13(21-12)14(17)16-22(18,19)11-2-1-5-20-8-11/h3-4,6-7,11H,1-2,5,8H2,(H,16,17). The van der Waals surface area contributed by atoms with Crippen molar-refractivity contribution in [3.05, 3.63) is 35.0 Å². The van der Waals surface area contributed by atoms with Crippen molar-refractivity contribution in [2.24, 2.45) is 0 Å². The lowest BCUT2D eigenvalue weighted by atomic mass is 10.2. The molecule has 1 fully saturated rings. The zero-order valence-corrected chi connectivity index (χ0v) is 13.1. The van der Waals surface area contributed by atoms with Gasteiger partial charge in [0, 0.05) is 17.0 Å². The number of hydrogen-bond donors (Lipinski definition) is 1. The van der Waals surface area contributed by atoms with Crippen LogP contribution < -0.4 is 4.72 Å². The minimum absolute atomic E-state index is 0.0717. The molecular weight excluding hydrogens is 330 g/mol. The molecule has 1 atom stereocenters. The second-order valence-corrected chi connectivity index (χ2v) is 7.51. The smallest absolute Gasteiger partial charge is 0.300 e. The van der Waals surface area contributed by atoms with Gasteiger partial charge in [-0.2, -0.15) is 0 Å². The van der Waals surface area contributed by atoms with Crippen molar-refractivity contribution < 1.29 is 22.4 Å². The van der Waals surface area contributed by atoms with Gasteiger partial charge in [-0.1, -0.05) is 11.6 Å². The summed E-state index contributed by atoms with van der Waals surface area (Å²) in [7, 11) is -3.79. The van der Waals surface area contributed by atoms with Crippen molar-refractivity contribution in [3.8, 4) is 0 Å². The van der Waals surface area contributed by atoms with E-state index in [1.165, 1.54) is 6.07 Å². The molecule has 0 saturated carbocycles. The van der Waals surface area contributed by atoms with Gasteiger partial charge in [-0.15, -0.1) is 0 Å². The van der Waals surface area contributed by atoms with Crippen molar-refractivity contribution in [1.29, 1.82) is 0 Å². The number of nitrogens with one attached hydrogen (secondary N) is 1. The number of fused-ring (bicyclic) bond motifs is 1. The zero-order valence-electron chi connectivity index (χ0n) is 11.5. The average molecular weight is 344 g/mol. The highest BCUT2D eigenvalue weighted by Gasteiger charge is 2.30. The highest BCUT2D eigenvalue weighted by molar-refractivity contribution is 7.90. The van der Waals surface area contributed by atoms with Gasteiger partial charge in [-0.25, -0.2) is 13.1 Å². The SMILES string of the molecule is O=C(NS(=O)(=O)C1CCCOC1)c1cc2cc(Cl)ccc2o1. The molecule has 8 heteroatoms.